The molecule has 6 heteroatoms. The lowest BCUT2D eigenvalue weighted by Gasteiger charge is -2.40. The van der Waals surface area contributed by atoms with Crippen LogP contribution in [0.15, 0.2) is 66.7 Å². The van der Waals surface area contributed by atoms with E-state index in [-0.39, 0.29) is 11.3 Å². The molecule has 0 atom stereocenters. The maximum atomic E-state index is 13.6. The molecule has 1 fully saturated rings. The van der Waals surface area contributed by atoms with Gasteiger partial charge in [-0.3, -0.25) is 9.69 Å². The smallest absolute Gasteiger partial charge is 0.258 e. The highest BCUT2D eigenvalue weighted by molar-refractivity contribution is 6.08. The maximum Gasteiger partial charge on any atom is 0.258 e. The molecule has 0 unspecified atom stereocenters. The van der Waals surface area contributed by atoms with Gasteiger partial charge in [-0.1, -0.05) is 18.2 Å². The second-order valence-electron chi connectivity index (χ2n) is 9.41. The highest BCUT2D eigenvalue weighted by atomic mass is 16.5. The molecule has 0 bridgehead atoms. The van der Waals surface area contributed by atoms with Crippen molar-refractivity contribution in [2.24, 2.45) is 0 Å². The second-order valence-corrected chi connectivity index (χ2v) is 9.41. The first-order valence-corrected chi connectivity index (χ1v) is 12.0. The van der Waals surface area contributed by atoms with E-state index in [1.54, 1.807) is 21.3 Å². The van der Waals surface area contributed by atoms with Crippen molar-refractivity contribution in [3.05, 3.63) is 83.4 Å². The summed E-state index contributed by atoms with van der Waals surface area (Å²) in [6.45, 7) is 3.51. The number of ether oxygens (including phenoxy) is 3. The molecule has 0 N–H and O–H groups in total. The predicted octanol–water partition coefficient (Wildman–Crippen LogP) is 4.91. The third kappa shape index (κ3) is 4.46. The van der Waals surface area contributed by atoms with Gasteiger partial charge in [-0.05, 0) is 85.6 Å². The molecule has 0 aromatic heterocycles. The molecule has 1 saturated heterocycles. The normalized spacial score (nSPS) is 16.7. The van der Waals surface area contributed by atoms with Gasteiger partial charge in [0.25, 0.3) is 5.91 Å². The van der Waals surface area contributed by atoms with Crippen LogP contribution in [0.4, 0.5) is 5.69 Å². The standard InChI is InChI=1S/C29H32N2O4/c1-33-23-8-4-6-21(16-23)19-30-14-12-29(13-15-30)20-31(27-11-10-25(35-3)18-26(27)29)28(32)22-7-5-9-24(17-22)34-2/h4-11,16-18H,12-15,19-20H2,1-3H3. The molecule has 1 amide bonds. The fourth-order valence-electron chi connectivity index (χ4n) is 5.46. The molecule has 0 saturated carbocycles. The first-order chi connectivity index (χ1) is 17.0. The Balaban J connectivity index is 1.39. The third-order valence-electron chi connectivity index (χ3n) is 7.44. The monoisotopic (exact) mass is 472 g/mol. The fourth-order valence-corrected chi connectivity index (χ4v) is 5.46. The number of hydrogen-bond donors (Lipinski definition) is 0. The topological polar surface area (TPSA) is 51.2 Å². The van der Waals surface area contributed by atoms with Crippen LogP contribution in [0.3, 0.4) is 0 Å². The molecule has 2 heterocycles. The van der Waals surface area contributed by atoms with E-state index in [2.05, 4.69) is 23.1 Å². The van der Waals surface area contributed by atoms with Crippen LogP contribution in [-0.4, -0.2) is 51.8 Å². The molecule has 35 heavy (non-hydrogen) atoms. The van der Waals surface area contributed by atoms with Crippen LogP contribution in [0.5, 0.6) is 17.2 Å². The molecular formula is C29H32N2O4. The molecule has 182 valence electrons. The van der Waals surface area contributed by atoms with E-state index >= 15 is 0 Å². The summed E-state index contributed by atoms with van der Waals surface area (Å²) in [5.41, 5.74) is 4.01. The van der Waals surface area contributed by atoms with Crippen LogP contribution < -0.4 is 19.1 Å². The van der Waals surface area contributed by atoms with Crippen molar-refractivity contribution in [3.63, 3.8) is 0 Å². The molecular weight excluding hydrogens is 440 g/mol. The van der Waals surface area contributed by atoms with E-state index in [0.717, 1.165) is 49.7 Å². The van der Waals surface area contributed by atoms with Crippen LogP contribution >= 0.6 is 0 Å². The number of benzene rings is 3. The largest absolute Gasteiger partial charge is 0.497 e. The molecule has 0 radical (unpaired) electrons. The van der Waals surface area contributed by atoms with Gasteiger partial charge in [0.15, 0.2) is 0 Å². The van der Waals surface area contributed by atoms with Gasteiger partial charge in [-0.2, -0.15) is 0 Å². The summed E-state index contributed by atoms with van der Waals surface area (Å²) in [5.74, 6) is 2.41. The quantitative estimate of drug-likeness (QED) is 0.510. The number of fused-ring (bicyclic) bond motifs is 2. The van der Waals surface area contributed by atoms with Gasteiger partial charge in [0.2, 0.25) is 0 Å². The Hall–Kier alpha value is -3.51. The highest BCUT2D eigenvalue weighted by Crippen LogP contribution is 2.49. The zero-order chi connectivity index (χ0) is 24.4. The first kappa shape index (κ1) is 23.2. The van der Waals surface area contributed by atoms with Crippen molar-refractivity contribution in [2.45, 2.75) is 24.8 Å². The van der Waals surface area contributed by atoms with Gasteiger partial charge in [0.05, 0.1) is 21.3 Å². The summed E-state index contributed by atoms with van der Waals surface area (Å²) in [5, 5.41) is 0. The van der Waals surface area contributed by atoms with Crippen LogP contribution in [0.1, 0.15) is 34.3 Å². The lowest BCUT2D eigenvalue weighted by Crippen LogP contribution is -2.45. The molecule has 2 aliphatic rings. The lowest BCUT2D eigenvalue weighted by atomic mass is 9.74. The number of amides is 1. The summed E-state index contributed by atoms with van der Waals surface area (Å²) >= 11 is 0. The van der Waals surface area contributed by atoms with Crippen molar-refractivity contribution in [3.8, 4) is 17.2 Å². The van der Waals surface area contributed by atoms with E-state index in [0.29, 0.717) is 17.9 Å². The minimum Gasteiger partial charge on any atom is -0.497 e. The highest BCUT2D eigenvalue weighted by Gasteiger charge is 2.46. The van der Waals surface area contributed by atoms with Crippen molar-refractivity contribution in [1.29, 1.82) is 0 Å². The van der Waals surface area contributed by atoms with Crippen molar-refractivity contribution in [2.75, 3.05) is 45.9 Å². The van der Waals surface area contributed by atoms with Crippen LogP contribution in [0, 0.1) is 0 Å². The predicted molar refractivity (Wildman–Crippen MR) is 137 cm³/mol. The number of hydrogen-bond acceptors (Lipinski definition) is 5. The first-order valence-electron chi connectivity index (χ1n) is 12.0. The average Bonchev–Trinajstić information content (AvgIpc) is 3.22. The van der Waals surface area contributed by atoms with E-state index in [4.69, 9.17) is 14.2 Å². The van der Waals surface area contributed by atoms with Crippen molar-refractivity contribution < 1.29 is 19.0 Å². The van der Waals surface area contributed by atoms with Gasteiger partial charge < -0.3 is 19.1 Å². The van der Waals surface area contributed by atoms with Gasteiger partial charge in [0.1, 0.15) is 17.2 Å². The van der Waals surface area contributed by atoms with Gasteiger partial charge in [-0.25, -0.2) is 0 Å². The fraction of sp³-hybridized carbons (Fsp3) is 0.345. The van der Waals surface area contributed by atoms with Crippen LogP contribution in [-0.2, 0) is 12.0 Å². The van der Waals surface area contributed by atoms with Gasteiger partial charge in [-0.15, -0.1) is 0 Å². The molecule has 5 rings (SSSR count). The van der Waals surface area contributed by atoms with E-state index in [1.165, 1.54) is 11.1 Å². The molecule has 6 nitrogen and oxygen atoms in total. The summed E-state index contributed by atoms with van der Waals surface area (Å²) in [7, 11) is 5.02. The number of piperidine rings is 1. The number of carbonyl (C=O) groups is 1. The van der Waals surface area contributed by atoms with Gasteiger partial charge >= 0.3 is 0 Å². The summed E-state index contributed by atoms with van der Waals surface area (Å²) < 4.78 is 16.3. The number of nitrogens with zero attached hydrogens (tertiary/aromatic N) is 2. The Kier molecular flexibility index (Phi) is 6.39. The van der Waals surface area contributed by atoms with E-state index in [9.17, 15) is 4.79 Å². The zero-order valence-corrected chi connectivity index (χ0v) is 20.6. The minimum absolute atomic E-state index is 0.00556. The maximum absolute atomic E-state index is 13.6. The molecule has 2 aliphatic heterocycles. The Morgan fingerprint density at radius 1 is 0.829 bits per heavy atom. The SMILES string of the molecule is COc1cccc(CN2CCC3(CC2)CN(C(=O)c2cccc(OC)c2)c2ccc(OC)cc23)c1. The number of rotatable bonds is 6. The Morgan fingerprint density at radius 2 is 1.49 bits per heavy atom. The second kappa shape index (κ2) is 9.62. The molecule has 0 aliphatic carbocycles. The summed E-state index contributed by atoms with van der Waals surface area (Å²) in [6, 6.07) is 21.8. The Morgan fingerprint density at radius 3 is 2.20 bits per heavy atom. The average molecular weight is 473 g/mol. The summed E-state index contributed by atoms with van der Waals surface area (Å²) in [6.07, 6.45) is 1.97. The minimum atomic E-state index is -0.0801. The van der Waals surface area contributed by atoms with Crippen LogP contribution in [0.2, 0.25) is 0 Å². The number of anilines is 1. The third-order valence-corrected chi connectivity index (χ3v) is 7.44. The molecule has 3 aromatic carbocycles. The number of carbonyl (C=O) groups excluding carboxylic acids is 1. The Labute approximate surface area is 207 Å². The number of methoxy groups -OCH3 is 3. The van der Waals surface area contributed by atoms with E-state index in [1.807, 2.05) is 53.4 Å². The van der Waals surface area contributed by atoms with Crippen molar-refractivity contribution in [1.82, 2.24) is 4.90 Å². The van der Waals surface area contributed by atoms with E-state index < -0.39 is 0 Å². The molecule has 1 spiro atoms. The van der Waals surface area contributed by atoms with Gasteiger partial charge in [0, 0.05) is 29.8 Å². The number of likely N-dealkylation sites (tertiary alicyclic amines) is 1. The van der Waals surface area contributed by atoms with Crippen LogP contribution in [0.25, 0.3) is 0 Å². The van der Waals surface area contributed by atoms with Crippen molar-refractivity contribution >= 4 is 11.6 Å². The Bertz CT molecular complexity index is 1220. The lowest BCUT2D eigenvalue weighted by molar-refractivity contribution is 0.0975. The zero-order valence-electron chi connectivity index (χ0n) is 20.6. The summed E-state index contributed by atoms with van der Waals surface area (Å²) in [4.78, 5) is 18.1. The molecule has 3 aromatic rings.